The van der Waals surface area contributed by atoms with Crippen molar-refractivity contribution in [3.8, 4) is 11.5 Å². The van der Waals surface area contributed by atoms with Gasteiger partial charge in [0.05, 0.1) is 5.56 Å². The minimum Gasteiger partial charge on any atom is -0.507 e. The molecule has 1 rings (SSSR count). The monoisotopic (exact) mass is 218 g/mol. The molecule has 1 aromatic rings. The van der Waals surface area contributed by atoms with Gasteiger partial charge >= 0.3 is 0 Å². The molecule has 0 aromatic heterocycles. The van der Waals surface area contributed by atoms with Crippen LogP contribution in [0.2, 0.25) is 0 Å². The maximum absolute atomic E-state index is 11.2. The molecular formula is C13H14O3. The molecule has 2 N–H and O–H groups in total. The summed E-state index contributed by atoms with van der Waals surface area (Å²) in [5, 5.41) is 19.0. The average Bonchev–Trinajstić information content (AvgIpc) is 2.15. The number of Topliss-reactive ketones (excluding diaryl/α,β-unsaturated/α-hetero) is 1. The number of carbonyl (C=O) groups is 1. The summed E-state index contributed by atoms with van der Waals surface area (Å²) in [6.45, 7) is 6.87. The molecule has 0 unspecified atom stereocenters. The Morgan fingerprint density at radius 1 is 1.25 bits per heavy atom. The molecule has 3 heteroatoms. The maximum Gasteiger partial charge on any atom is 0.163 e. The predicted octanol–water partition coefficient (Wildman–Crippen LogP) is 2.89. The Kier molecular flexibility index (Phi) is 3.51. The zero-order chi connectivity index (χ0) is 12.3. The third kappa shape index (κ3) is 2.73. The third-order valence-electron chi connectivity index (χ3n) is 2.07. The van der Waals surface area contributed by atoms with Gasteiger partial charge in [-0.1, -0.05) is 24.3 Å². The van der Waals surface area contributed by atoms with Gasteiger partial charge in [0.2, 0.25) is 0 Å². The molecule has 16 heavy (non-hydrogen) atoms. The molecule has 0 aliphatic rings. The molecule has 0 atom stereocenters. The molecule has 0 amide bonds. The van der Waals surface area contributed by atoms with Crippen LogP contribution in [-0.4, -0.2) is 16.0 Å². The van der Waals surface area contributed by atoms with E-state index in [0.717, 1.165) is 11.6 Å². The van der Waals surface area contributed by atoms with Crippen LogP contribution in [0.4, 0.5) is 0 Å². The Bertz CT molecular complexity index is 470. The molecule has 0 spiro atoms. The number of ketones is 1. The van der Waals surface area contributed by atoms with Gasteiger partial charge in [0.15, 0.2) is 5.78 Å². The Morgan fingerprint density at radius 3 is 2.38 bits per heavy atom. The zero-order valence-corrected chi connectivity index (χ0v) is 9.32. The van der Waals surface area contributed by atoms with Gasteiger partial charge in [-0.2, -0.15) is 0 Å². The summed E-state index contributed by atoms with van der Waals surface area (Å²) in [4.78, 5) is 11.2. The molecule has 3 nitrogen and oxygen atoms in total. The highest BCUT2D eigenvalue weighted by molar-refractivity contribution is 5.97. The van der Waals surface area contributed by atoms with Crippen LogP contribution in [0.15, 0.2) is 30.4 Å². The summed E-state index contributed by atoms with van der Waals surface area (Å²) in [6, 6.07) is 2.61. The normalized spacial score (nSPS) is 10.6. The number of benzene rings is 1. The van der Waals surface area contributed by atoms with Crippen molar-refractivity contribution < 1.29 is 15.0 Å². The summed E-state index contributed by atoms with van der Waals surface area (Å²) in [5.74, 6) is -0.528. The van der Waals surface area contributed by atoms with Crippen LogP contribution < -0.4 is 0 Å². The van der Waals surface area contributed by atoms with E-state index in [1.165, 1.54) is 13.0 Å². The van der Waals surface area contributed by atoms with Gasteiger partial charge in [-0.3, -0.25) is 4.79 Å². The number of phenolic OH excluding ortho intramolecular Hbond substituents is 2. The van der Waals surface area contributed by atoms with Crippen LogP contribution in [0.1, 0.15) is 29.8 Å². The van der Waals surface area contributed by atoms with E-state index in [1.807, 2.05) is 6.92 Å². The lowest BCUT2D eigenvalue weighted by atomic mass is 10.0. The van der Waals surface area contributed by atoms with Crippen molar-refractivity contribution in [3.05, 3.63) is 41.5 Å². The minimum absolute atomic E-state index is 0.0694. The van der Waals surface area contributed by atoms with Crippen LogP contribution in [0.3, 0.4) is 0 Å². The maximum atomic E-state index is 11.2. The van der Waals surface area contributed by atoms with Crippen LogP contribution in [0, 0.1) is 0 Å². The van der Waals surface area contributed by atoms with Crippen molar-refractivity contribution >= 4 is 11.9 Å². The first-order valence-electron chi connectivity index (χ1n) is 4.82. The topological polar surface area (TPSA) is 57.5 Å². The number of allylic oxidation sites excluding steroid dienone is 2. The molecule has 0 fully saturated rings. The van der Waals surface area contributed by atoms with Crippen molar-refractivity contribution in [2.75, 3.05) is 0 Å². The van der Waals surface area contributed by atoms with Gasteiger partial charge < -0.3 is 10.2 Å². The van der Waals surface area contributed by atoms with Crippen molar-refractivity contribution in [2.45, 2.75) is 13.8 Å². The molecule has 0 aliphatic carbocycles. The molecule has 84 valence electrons. The van der Waals surface area contributed by atoms with Crippen molar-refractivity contribution in [1.29, 1.82) is 0 Å². The van der Waals surface area contributed by atoms with Crippen molar-refractivity contribution in [2.24, 2.45) is 0 Å². The molecule has 1 aromatic carbocycles. The number of phenols is 2. The fraction of sp³-hybridized carbons (Fsp3) is 0.154. The highest BCUT2D eigenvalue weighted by Gasteiger charge is 2.10. The number of carbonyl (C=O) groups excluding carboxylic acids is 1. The van der Waals surface area contributed by atoms with Gasteiger partial charge in [-0.25, -0.2) is 0 Å². The van der Waals surface area contributed by atoms with Gasteiger partial charge in [-0.05, 0) is 19.9 Å². The molecule has 0 saturated carbocycles. The summed E-state index contributed by atoms with van der Waals surface area (Å²) in [7, 11) is 0. The minimum atomic E-state index is -0.248. The Hall–Kier alpha value is -2.03. The van der Waals surface area contributed by atoms with Crippen LogP contribution in [0.5, 0.6) is 11.5 Å². The second kappa shape index (κ2) is 4.66. The lowest BCUT2D eigenvalue weighted by Crippen LogP contribution is -1.93. The Labute approximate surface area is 94.4 Å². The number of rotatable bonds is 3. The van der Waals surface area contributed by atoms with E-state index in [9.17, 15) is 15.0 Å². The van der Waals surface area contributed by atoms with Crippen molar-refractivity contribution in [1.82, 2.24) is 0 Å². The van der Waals surface area contributed by atoms with Crippen molar-refractivity contribution in [3.63, 3.8) is 0 Å². The van der Waals surface area contributed by atoms with Crippen LogP contribution >= 0.6 is 0 Å². The molecule has 0 bridgehead atoms. The largest absolute Gasteiger partial charge is 0.507 e. The highest BCUT2D eigenvalue weighted by Crippen LogP contribution is 2.28. The number of aromatic hydroxyl groups is 2. The predicted molar refractivity (Wildman–Crippen MR) is 63.6 cm³/mol. The summed E-state index contributed by atoms with van der Waals surface area (Å²) in [6.07, 6.45) is 3.36. The quantitative estimate of drug-likeness (QED) is 0.605. The van der Waals surface area contributed by atoms with Crippen LogP contribution in [0.25, 0.3) is 6.08 Å². The third-order valence-corrected chi connectivity index (χ3v) is 2.07. The molecule has 0 aliphatic heterocycles. The fourth-order valence-corrected chi connectivity index (χ4v) is 1.24. The summed E-state index contributed by atoms with van der Waals surface area (Å²) in [5.41, 5.74) is 1.50. The Morgan fingerprint density at radius 2 is 1.88 bits per heavy atom. The molecule has 0 radical (unpaired) electrons. The summed E-state index contributed by atoms with van der Waals surface area (Å²) < 4.78 is 0. The van der Waals surface area contributed by atoms with Gasteiger partial charge in [0.1, 0.15) is 11.5 Å². The lowest BCUT2D eigenvalue weighted by molar-refractivity contribution is 0.101. The first-order valence-corrected chi connectivity index (χ1v) is 4.82. The van der Waals surface area contributed by atoms with Gasteiger partial charge in [-0.15, -0.1) is 0 Å². The molecule has 0 saturated heterocycles. The second-order valence-electron chi connectivity index (χ2n) is 3.66. The zero-order valence-electron chi connectivity index (χ0n) is 9.32. The standard InChI is InChI=1S/C13H14O3/c1-8(2)4-5-10-6-11(9(3)14)13(16)7-12(10)15/h4-7,15-16H,1H2,2-3H3. The first-order chi connectivity index (χ1) is 7.41. The van der Waals surface area contributed by atoms with Gasteiger partial charge in [0.25, 0.3) is 0 Å². The highest BCUT2D eigenvalue weighted by atomic mass is 16.3. The lowest BCUT2D eigenvalue weighted by Gasteiger charge is -2.05. The van der Waals surface area contributed by atoms with Crippen LogP contribution in [-0.2, 0) is 0 Å². The average molecular weight is 218 g/mol. The van der Waals surface area contributed by atoms with E-state index in [4.69, 9.17) is 0 Å². The van der Waals surface area contributed by atoms with E-state index in [0.29, 0.717) is 5.56 Å². The van der Waals surface area contributed by atoms with E-state index in [-0.39, 0.29) is 22.8 Å². The van der Waals surface area contributed by atoms with E-state index in [2.05, 4.69) is 6.58 Å². The Balaban J connectivity index is 3.25. The first kappa shape index (κ1) is 12.0. The molecular weight excluding hydrogens is 204 g/mol. The second-order valence-corrected chi connectivity index (χ2v) is 3.66. The fourth-order valence-electron chi connectivity index (χ4n) is 1.24. The number of hydrogen-bond donors (Lipinski definition) is 2. The van der Waals surface area contributed by atoms with Gasteiger partial charge in [0, 0.05) is 11.6 Å². The van der Waals surface area contributed by atoms with E-state index in [1.54, 1.807) is 12.2 Å². The number of hydrogen-bond acceptors (Lipinski definition) is 3. The molecule has 0 heterocycles. The summed E-state index contributed by atoms with van der Waals surface area (Å²) >= 11 is 0. The van der Waals surface area contributed by atoms with E-state index >= 15 is 0 Å². The SMILES string of the molecule is C=C(C)C=Cc1cc(C(C)=O)c(O)cc1O. The van der Waals surface area contributed by atoms with E-state index < -0.39 is 0 Å². The smallest absolute Gasteiger partial charge is 0.163 e.